The van der Waals surface area contributed by atoms with Gasteiger partial charge in [0, 0.05) is 18.8 Å². The second-order valence-corrected chi connectivity index (χ2v) is 12.8. The third-order valence-electron chi connectivity index (χ3n) is 6.86. The molecule has 5 aromatic carbocycles. The molecule has 0 radical (unpaired) electrons. The van der Waals surface area contributed by atoms with Crippen LogP contribution in [0.2, 0.25) is 0 Å². The van der Waals surface area contributed by atoms with Crippen LogP contribution in [0.4, 0.5) is 93.5 Å². The van der Waals surface area contributed by atoms with Crippen molar-refractivity contribution in [3.05, 3.63) is 147 Å². The first-order valence-electron chi connectivity index (χ1n) is 15.1. The summed E-state index contributed by atoms with van der Waals surface area (Å²) < 4.78 is 242. The minimum absolute atomic E-state index is 0.952. The number of anilines is 1. The molecule has 0 spiro atoms. The Bertz CT molecular complexity index is 1580. The quantitative estimate of drug-likeness (QED) is 0.0800. The van der Waals surface area contributed by atoms with Crippen LogP contribution in [0.3, 0.4) is 0 Å². The van der Waals surface area contributed by atoms with Crippen LogP contribution in [0.15, 0.2) is 30.3 Å². The van der Waals surface area contributed by atoms with Gasteiger partial charge in [-0.25, -0.2) is 0 Å². The Hall–Kier alpha value is -3.37. The van der Waals surface area contributed by atoms with Crippen molar-refractivity contribution in [2.75, 3.05) is 18.0 Å². The van der Waals surface area contributed by atoms with Gasteiger partial charge in [0.05, 0.1) is 0 Å². The average molecular weight is 925 g/mol. The maximum atomic E-state index is 12.4. The molecule has 0 bridgehead atoms. The van der Waals surface area contributed by atoms with Crippen LogP contribution in [0.5, 0.6) is 0 Å². The first-order chi connectivity index (χ1) is 27.2. The summed E-state index contributed by atoms with van der Waals surface area (Å²) in [6, 6.07) is 10.5. The molecule has 0 aliphatic rings. The van der Waals surface area contributed by atoms with Crippen molar-refractivity contribution in [2.45, 2.75) is 13.8 Å². The molecule has 1 nitrogen and oxygen atoms in total. The summed E-state index contributed by atoms with van der Waals surface area (Å²) in [5.74, 6) is -38.6. The van der Waals surface area contributed by atoms with E-state index in [1.165, 1.54) is 70.8 Å². The molecule has 59 heavy (non-hydrogen) atoms. The second kappa shape index (κ2) is 23.6. The van der Waals surface area contributed by atoms with E-state index in [-0.39, 0.29) is 0 Å². The Kier molecular flexibility index (Phi) is 21.4. The number of hydrogen-bond donors (Lipinski definition) is 0. The van der Waals surface area contributed by atoms with Gasteiger partial charge in [-0.2, -0.15) is 0 Å². The van der Waals surface area contributed by atoms with E-state index in [0.29, 0.717) is 0 Å². The number of rotatable bonds is 3. The van der Waals surface area contributed by atoms with E-state index in [1.54, 1.807) is 0 Å². The van der Waals surface area contributed by atoms with Gasteiger partial charge < -0.3 is 4.90 Å². The van der Waals surface area contributed by atoms with Gasteiger partial charge in [0.2, 0.25) is 0 Å². The third kappa shape index (κ3) is 12.8. The van der Waals surface area contributed by atoms with Gasteiger partial charge in [-0.15, -0.1) is 0 Å². The Labute approximate surface area is 353 Å². The van der Waals surface area contributed by atoms with E-state index in [1.807, 2.05) is 6.07 Å². The molecule has 0 aliphatic carbocycles. The summed E-state index contributed by atoms with van der Waals surface area (Å²) in [5, 5.41) is 0. The molecule has 0 saturated heterocycles. The van der Waals surface area contributed by atoms with Crippen molar-refractivity contribution in [3.63, 3.8) is 0 Å². The molecular weight excluding hydrogens is 910 g/mol. The Balaban J connectivity index is 0.000000369. The number of halogens is 20. The van der Waals surface area contributed by atoms with E-state index in [2.05, 4.69) is 43.0 Å². The van der Waals surface area contributed by atoms with Gasteiger partial charge in [0.1, 0.15) is 0 Å². The summed E-state index contributed by atoms with van der Waals surface area (Å²) in [6.45, 7) is 6.52. The van der Waals surface area contributed by atoms with Gasteiger partial charge in [0.25, 0.3) is 0 Å². The van der Waals surface area contributed by atoms with Gasteiger partial charge in [-0.3, -0.25) is 0 Å². The normalized spacial score (nSPS) is 10.4. The van der Waals surface area contributed by atoms with E-state index in [0.717, 1.165) is 13.1 Å². The zero-order valence-corrected chi connectivity index (χ0v) is 33.7. The molecule has 25 heteroatoms. The Morgan fingerprint density at radius 3 is 0.593 bits per heavy atom. The molecule has 0 heterocycles. The molecule has 0 aliphatic heterocycles. The molecule has 0 fully saturated rings. The van der Waals surface area contributed by atoms with Gasteiger partial charge in [0.15, 0.2) is 0 Å². The van der Waals surface area contributed by atoms with Crippen molar-refractivity contribution in [1.82, 2.24) is 0 Å². The predicted molar refractivity (Wildman–Crippen MR) is 176 cm³/mol. The zero-order chi connectivity index (χ0) is 46.0. The summed E-state index contributed by atoms with van der Waals surface area (Å²) >= 11 is 5.76. The summed E-state index contributed by atoms with van der Waals surface area (Å²) in [6.07, 6.45) is 0. The maximum absolute atomic E-state index is 12.4. The van der Waals surface area contributed by atoms with Crippen LogP contribution in [0.1, 0.15) is 13.8 Å². The van der Waals surface area contributed by atoms with E-state index < -0.39 is 134 Å². The van der Waals surface area contributed by atoms with Crippen LogP contribution in [-0.4, -0.2) is 78.3 Å². The number of para-hydroxylation sites is 1. The first kappa shape index (κ1) is 53.6. The predicted octanol–water partition coefficient (Wildman–Crippen LogP) is 7.24. The van der Waals surface area contributed by atoms with Crippen molar-refractivity contribution in [1.29, 1.82) is 0 Å². The van der Waals surface area contributed by atoms with E-state index in [4.69, 9.17) is 0 Å². The van der Waals surface area contributed by atoms with Crippen LogP contribution < -0.4 is 22.6 Å². The fraction of sp³-hybridized carbons (Fsp3) is 0.118. The van der Waals surface area contributed by atoms with Crippen LogP contribution in [0.25, 0.3) is 0 Å². The van der Waals surface area contributed by atoms with Gasteiger partial charge in [-0.1, -0.05) is 18.2 Å². The standard InChI is InChI=1S/C10H15N.4C6F5.4Al/c1-3-11(4-2)10-8-6-5-7-9-10;4*7-2-1-3(8)5(10)6(11)4(2)9;;;;/h5-9H,3-4H2,1-2H3;;;;;;;;/q;;;;;4*+2. The molecule has 300 valence electrons. The fourth-order valence-corrected chi connectivity index (χ4v) is 4.73. The number of nitrogens with zero attached hydrogens (tertiary/aromatic N) is 1. The number of benzene rings is 5. The topological polar surface area (TPSA) is 3.24 Å². The minimum atomic E-state index is -2.14. The SMILES string of the molecule is CCN(CC)c1ccccc1.Fc1c(F)c(F)[c]([Al+2])c(F)c1F.Fc1c(F)c(F)[c]([Al+2])c(F)c1F.Fc1c(F)c(F)[c]([Al+2])c(F)c1F.Fc1c(F)c(F)[c]([Al+2])c(F)c1F. The van der Waals surface area contributed by atoms with E-state index in [9.17, 15) is 87.8 Å². The van der Waals surface area contributed by atoms with Crippen molar-refractivity contribution >= 4 is 88.6 Å². The molecular formula is C34H15Al4F20N+8. The second-order valence-electron chi connectivity index (χ2n) is 10.4. The van der Waals surface area contributed by atoms with Crippen molar-refractivity contribution in [3.8, 4) is 0 Å². The van der Waals surface area contributed by atoms with Crippen molar-refractivity contribution in [2.24, 2.45) is 0 Å². The molecule has 5 rings (SSSR count). The Morgan fingerprint density at radius 2 is 0.441 bits per heavy atom. The van der Waals surface area contributed by atoms with Crippen molar-refractivity contribution < 1.29 is 87.8 Å². The van der Waals surface area contributed by atoms with Gasteiger partial charge in [-0.05, 0) is 26.0 Å². The summed E-state index contributed by atoms with van der Waals surface area (Å²) in [7, 11) is 0. The molecule has 0 saturated carbocycles. The zero-order valence-electron chi connectivity index (χ0n) is 29.1. The molecule has 0 N–H and O–H groups in total. The third-order valence-corrected chi connectivity index (χ3v) is 8.89. The summed E-state index contributed by atoms with van der Waals surface area (Å²) in [5.41, 5.74) is 1.32. The first-order valence-corrected chi connectivity index (χ1v) is 17.4. The average Bonchev–Trinajstić information content (AvgIpc) is 3.25. The fourth-order valence-electron chi connectivity index (χ4n) is 3.72. The molecule has 0 amide bonds. The van der Waals surface area contributed by atoms with Crippen LogP contribution in [0, 0.1) is 116 Å². The van der Waals surface area contributed by atoms with Gasteiger partial charge >= 0.3 is 287 Å². The van der Waals surface area contributed by atoms with E-state index >= 15 is 0 Å². The monoisotopic (exact) mass is 925 g/mol. The van der Waals surface area contributed by atoms with Crippen LogP contribution >= 0.6 is 0 Å². The molecule has 0 aromatic heterocycles. The Morgan fingerprint density at radius 1 is 0.288 bits per heavy atom. The summed E-state index contributed by atoms with van der Waals surface area (Å²) in [4.78, 5) is 2.33. The molecule has 0 unspecified atom stereocenters. The van der Waals surface area contributed by atoms with Crippen LogP contribution in [-0.2, 0) is 0 Å². The molecule has 0 atom stereocenters. The molecule has 5 aromatic rings. The number of hydrogen-bond acceptors (Lipinski definition) is 1.